The van der Waals surface area contributed by atoms with Gasteiger partial charge in [0.05, 0.1) is 31.1 Å². The maximum Gasteiger partial charge on any atom is 0.280 e. The number of hydrogen-bond donors (Lipinski definition) is 1. The van der Waals surface area contributed by atoms with Crippen molar-refractivity contribution in [2.45, 2.75) is 44.0 Å². The first-order chi connectivity index (χ1) is 11.9. The Labute approximate surface area is 157 Å². The monoisotopic (exact) mass is 382 g/mol. The number of sulfonamides is 1. The van der Waals surface area contributed by atoms with Gasteiger partial charge in [-0.1, -0.05) is 32.9 Å². The lowest BCUT2D eigenvalue weighted by Crippen LogP contribution is -3.19. The minimum Gasteiger partial charge on any atom is -0.344 e. The van der Waals surface area contributed by atoms with E-state index in [1.165, 1.54) is 4.31 Å². The number of quaternary nitrogens is 1. The maximum atomic E-state index is 12.9. The van der Waals surface area contributed by atoms with Crippen LogP contribution >= 0.6 is 0 Å². The van der Waals surface area contributed by atoms with Crippen LogP contribution in [0.15, 0.2) is 29.2 Å². The van der Waals surface area contributed by atoms with E-state index in [1.54, 1.807) is 31.1 Å². The average molecular weight is 383 g/mol. The molecule has 0 unspecified atom stereocenters. The van der Waals surface area contributed by atoms with Gasteiger partial charge in [-0.15, -0.1) is 0 Å². The lowest BCUT2D eigenvalue weighted by Gasteiger charge is -2.35. The zero-order valence-corrected chi connectivity index (χ0v) is 17.6. The number of carbonyl (C=O) groups is 1. The molecule has 2 rings (SSSR count). The molecule has 1 fully saturated rings. The molecule has 0 radical (unpaired) electrons. The lowest BCUT2D eigenvalue weighted by atomic mass is 9.87. The molecular formula is C19H32N3O3S+. The third-order valence-electron chi connectivity index (χ3n) is 5.15. The topological polar surface area (TPSA) is 62.1 Å². The van der Waals surface area contributed by atoms with E-state index in [4.69, 9.17) is 0 Å². The Balaban J connectivity index is 2.07. The summed E-state index contributed by atoms with van der Waals surface area (Å²) < 4.78 is 27.4. The second kappa shape index (κ2) is 7.66. The van der Waals surface area contributed by atoms with Crippen molar-refractivity contribution in [1.82, 2.24) is 9.21 Å². The molecule has 1 amide bonds. The molecule has 0 bridgehead atoms. The van der Waals surface area contributed by atoms with E-state index in [0.717, 1.165) is 10.5 Å². The van der Waals surface area contributed by atoms with E-state index in [-0.39, 0.29) is 17.4 Å². The standard InChI is InChI=1S/C19H31N3O3S/c1-15(18(23)20(5)6)21-11-13-22(14-12-21)26(24,25)17-9-7-16(8-10-17)19(2,3)4/h7-10,15H,11-14H2,1-6H3/p+1/t15-/m1/s1. The van der Waals surface area contributed by atoms with Crippen molar-refractivity contribution in [3.05, 3.63) is 29.8 Å². The molecule has 0 aliphatic carbocycles. The predicted octanol–water partition coefficient (Wildman–Crippen LogP) is 0.350. The Hall–Kier alpha value is -1.44. The van der Waals surface area contributed by atoms with Gasteiger partial charge >= 0.3 is 0 Å². The molecule has 26 heavy (non-hydrogen) atoms. The summed E-state index contributed by atoms with van der Waals surface area (Å²) in [6.45, 7) is 10.4. The fraction of sp³-hybridized carbons (Fsp3) is 0.632. The summed E-state index contributed by atoms with van der Waals surface area (Å²) in [6.07, 6.45) is 0. The predicted molar refractivity (Wildman–Crippen MR) is 103 cm³/mol. The quantitative estimate of drug-likeness (QED) is 0.817. The summed E-state index contributed by atoms with van der Waals surface area (Å²) in [7, 11) is 0.0151. The molecule has 146 valence electrons. The van der Waals surface area contributed by atoms with Crippen molar-refractivity contribution >= 4 is 15.9 Å². The van der Waals surface area contributed by atoms with Crippen molar-refractivity contribution in [3.63, 3.8) is 0 Å². The number of hydrogen-bond acceptors (Lipinski definition) is 3. The molecule has 1 heterocycles. The third-order valence-corrected chi connectivity index (χ3v) is 7.06. The maximum absolute atomic E-state index is 12.9. The van der Waals surface area contributed by atoms with E-state index in [0.29, 0.717) is 31.1 Å². The van der Waals surface area contributed by atoms with Crippen molar-refractivity contribution in [3.8, 4) is 0 Å². The first kappa shape index (κ1) is 20.9. The van der Waals surface area contributed by atoms with Crippen molar-refractivity contribution in [2.24, 2.45) is 0 Å². The summed E-state index contributed by atoms with van der Waals surface area (Å²) in [4.78, 5) is 15.2. The highest BCUT2D eigenvalue weighted by Gasteiger charge is 2.34. The second-order valence-corrected chi connectivity index (χ2v) is 10.2. The van der Waals surface area contributed by atoms with Crippen LogP contribution in [0.4, 0.5) is 0 Å². The van der Waals surface area contributed by atoms with Gasteiger partial charge in [0.15, 0.2) is 6.04 Å². The molecule has 1 aliphatic heterocycles. The van der Waals surface area contributed by atoms with Crippen molar-refractivity contribution < 1.29 is 18.1 Å². The molecule has 7 heteroatoms. The molecule has 0 saturated carbocycles. The Morgan fingerprint density at radius 2 is 1.62 bits per heavy atom. The number of amides is 1. The second-order valence-electron chi connectivity index (χ2n) is 8.29. The van der Waals surface area contributed by atoms with Crippen LogP contribution in [0.3, 0.4) is 0 Å². The average Bonchev–Trinajstić information content (AvgIpc) is 2.59. The number of benzene rings is 1. The van der Waals surface area contributed by atoms with Gasteiger partial charge in [-0.05, 0) is 30.0 Å². The summed E-state index contributed by atoms with van der Waals surface area (Å²) in [6, 6.07) is 7.04. The van der Waals surface area contributed by atoms with Crippen LogP contribution in [0, 0.1) is 0 Å². The molecule has 0 spiro atoms. The van der Waals surface area contributed by atoms with Gasteiger partial charge in [-0.25, -0.2) is 8.42 Å². The number of nitrogens with zero attached hydrogens (tertiary/aromatic N) is 2. The zero-order chi connectivity index (χ0) is 19.7. The van der Waals surface area contributed by atoms with Gasteiger partial charge in [0, 0.05) is 14.1 Å². The van der Waals surface area contributed by atoms with Gasteiger partial charge < -0.3 is 9.80 Å². The van der Waals surface area contributed by atoms with Gasteiger partial charge in [-0.3, -0.25) is 4.79 Å². The highest BCUT2D eigenvalue weighted by molar-refractivity contribution is 7.89. The van der Waals surface area contributed by atoms with Crippen LogP contribution < -0.4 is 4.90 Å². The van der Waals surface area contributed by atoms with E-state index in [9.17, 15) is 13.2 Å². The van der Waals surface area contributed by atoms with Crippen LogP contribution in [0.2, 0.25) is 0 Å². The molecule has 6 nitrogen and oxygen atoms in total. The first-order valence-electron chi connectivity index (χ1n) is 9.11. The normalized spacial score (nSPS) is 18.5. The van der Waals surface area contributed by atoms with Crippen LogP contribution in [0.25, 0.3) is 0 Å². The van der Waals surface area contributed by atoms with Gasteiger partial charge in [0.25, 0.3) is 5.91 Å². The minimum absolute atomic E-state index is 0.00755. The molecule has 1 saturated heterocycles. The van der Waals surface area contributed by atoms with Crippen LogP contribution in [0.1, 0.15) is 33.3 Å². The fourth-order valence-electron chi connectivity index (χ4n) is 3.28. The number of nitrogens with one attached hydrogen (secondary N) is 1. The Morgan fingerprint density at radius 1 is 1.12 bits per heavy atom. The Kier molecular flexibility index (Phi) is 6.15. The van der Waals surface area contributed by atoms with Crippen molar-refractivity contribution in [2.75, 3.05) is 40.3 Å². The van der Waals surface area contributed by atoms with E-state index < -0.39 is 10.0 Å². The third kappa shape index (κ3) is 4.45. The Bertz CT molecular complexity index is 728. The largest absolute Gasteiger partial charge is 0.344 e. The van der Waals surface area contributed by atoms with Crippen LogP contribution in [0.5, 0.6) is 0 Å². The molecule has 1 aromatic rings. The summed E-state index contributed by atoms with van der Waals surface area (Å²) >= 11 is 0. The summed E-state index contributed by atoms with van der Waals surface area (Å²) in [5.74, 6) is 0.0778. The van der Waals surface area contributed by atoms with E-state index in [1.807, 2.05) is 19.1 Å². The van der Waals surface area contributed by atoms with Crippen LogP contribution in [-0.4, -0.2) is 69.8 Å². The highest BCUT2D eigenvalue weighted by Crippen LogP contribution is 2.24. The molecule has 1 atom stereocenters. The van der Waals surface area contributed by atoms with Gasteiger partial charge in [-0.2, -0.15) is 4.31 Å². The SMILES string of the molecule is C[C@H](C(=O)N(C)C)[NH+]1CCN(S(=O)(=O)c2ccc(C(C)(C)C)cc2)CC1. The van der Waals surface area contributed by atoms with E-state index >= 15 is 0 Å². The summed E-state index contributed by atoms with van der Waals surface area (Å²) in [5.41, 5.74) is 1.11. The number of rotatable bonds is 4. The van der Waals surface area contributed by atoms with Gasteiger partial charge in [0.1, 0.15) is 0 Å². The first-order valence-corrected chi connectivity index (χ1v) is 10.5. The molecule has 1 aromatic carbocycles. The smallest absolute Gasteiger partial charge is 0.280 e. The van der Waals surface area contributed by atoms with E-state index in [2.05, 4.69) is 20.8 Å². The number of carbonyl (C=O) groups excluding carboxylic acids is 1. The zero-order valence-electron chi connectivity index (χ0n) is 16.7. The molecule has 1 aliphatic rings. The van der Waals surface area contributed by atoms with Gasteiger partial charge in [0.2, 0.25) is 10.0 Å². The van der Waals surface area contributed by atoms with Crippen LogP contribution in [-0.2, 0) is 20.2 Å². The Morgan fingerprint density at radius 3 is 2.04 bits per heavy atom. The molecule has 0 aromatic heterocycles. The fourth-order valence-corrected chi connectivity index (χ4v) is 4.73. The summed E-state index contributed by atoms with van der Waals surface area (Å²) in [5, 5.41) is 0. The highest BCUT2D eigenvalue weighted by atomic mass is 32.2. The molecular weight excluding hydrogens is 350 g/mol. The minimum atomic E-state index is -3.49. The lowest BCUT2D eigenvalue weighted by molar-refractivity contribution is -0.917. The number of piperazine rings is 1. The molecule has 1 N–H and O–H groups in total. The van der Waals surface area contributed by atoms with Crippen molar-refractivity contribution in [1.29, 1.82) is 0 Å². The number of likely N-dealkylation sites (N-methyl/N-ethyl adjacent to an activating group) is 1.